The number of aromatic hydroxyl groups is 1. The molecule has 2 saturated carbocycles. The van der Waals surface area contributed by atoms with Gasteiger partial charge in [-0.1, -0.05) is 13.0 Å². The molecule has 0 aromatic heterocycles. The van der Waals surface area contributed by atoms with Gasteiger partial charge in [0.15, 0.2) is 5.78 Å². The molecule has 2 N–H and O–H groups in total. The molecule has 1 aromatic rings. The summed E-state index contributed by atoms with van der Waals surface area (Å²) < 4.78 is 0. The van der Waals surface area contributed by atoms with Crippen LogP contribution in [0.15, 0.2) is 18.2 Å². The van der Waals surface area contributed by atoms with Crippen molar-refractivity contribution in [2.45, 2.75) is 51.0 Å². The fourth-order valence-corrected chi connectivity index (χ4v) is 5.36. The molecule has 5 atom stereocenters. The highest BCUT2D eigenvalue weighted by Gasteiger charge is 2.57. The van der Waals surface area contributed by atoms with Crippen LogP contribution in [-0.4, -0.2) is 22.1 Å². The summed E-state index contributed by atoms with van der Waals surface area (Å²) in [4.78, 5) is 12.3. The lowest BCUT2D eigenvalue weighted by molar-refractivity contribution is -0.134. The van der Waals surface area contributed by atoms with Crippen LogP contribution in [0.1, 0.15) is 49.7 Å². The molecule has 0 radical (unpaired) electrons. The van der Waals surface area contributed by atoms with E-state index in [0.29, 0.717) is 29.9 Å². The molecule has 112 valence electrons. The van der Waals surface area contributed by atoms with Gasteiger partial charge >= 0.3 is 0 Å². The maximum atomic E-state index is 12.3. The Morgan fingerprint density at radius 2 is 2.10 bits per heavy atom. The molecule has 0 bridgehead atoms. The van der Waals surface area contributed by atoms with E-state index in [4.69, 9.17) is 0 Å². The summed E-state index contributed by atoms with van der Waals surface area (Å²) in [7, 11) is 0. The highest BCUT2D eigenvalue weighted by atomic mass is 16.3. The first-order valence-corrected chi connectivity index (χ1v) is 8.05. The number of hydrogen-bond donors (Lipinski definition) is 2. The van der Waals surface area contributed by atoms with E-state index in [1.165, 1.54) is 11.1 Å². The lowest BCUT2D eigenvalue weighted by Gasteiger charge is -2.48. The number of Topliss-reactive ketones (excluding diaryl/α,β-unsaturated/α-hetero) is 1. The molecule has 4 rings (SSSR count). The second kappa shape index (κ2) is 4.33. The first-order chi connectivity index (χ1) is 10.0. The van der Waals surface area contributed by atoms with Gasteiger partial charge in [0.1, 0.15) is 11.9 Å². The van der Waals surface area contributed by atoms with Crippen LogP contribution in [0.4, 0.5) is 0 Å². The van der Waals surface area contributed by atoms with Gasteiger partial charge in [-0.05, 0) is 73.1 Å². The van der Waals surface area contributed by atoms with E-state index in [1.54, 1.807) is 6.07 Å². The maximum Gasteiger partial charge on any atom is 0.167 e. The normalized spacial score (nSPS) is 41.3. The van der Waals surface area contributed by atoms with E-state index < -0.39 is 6.10 Å². The van der Waals surface area contributed by atoms with Gasteiger partial charge in [0.05, 0.1) is 0 Å². The van der Waals surface area contributed by atoms with Crippen LogP contribution in [0.3, 0.4) is 0 Å². The smallest absolute Gasteiger partial charge is 0.167 e. The first-order valence-electron chi connectivity index (χ1n) is 8.05. The van der Waals surface area contributed by atoms with Crippen molar-refractivity contribution in [2.75, 3.05) is 0 Å². The number of phenols is 1. The number of benzene rings is 1. The summed E-state index contributed by atoms with van der Waals surface area (Å²) in [5.74, 6) is 1.73. The number of aliphatic hydroxyl groups is 1. The van der Waals surface area contributed by atoms with Crippen molar-refractivity contribution in [3.05, 3.63) is 29.3 Å². The first kappa shape index (κ1) is 13.3. The lowest BCUT2D eigenvalue weighted by atomic mass is 9.55. The second-order valence-electron chi connectivity index (χ2n) is 7.37. The van der Waals surface area contributed by atoms with E-state index >= 15 is 0 Å². The molecule has 0 aliphatic heterocycles. The summed E-state index contributed by atoms with van der Waals surface area (Å²) >= 11 is 0. The Labute approximate surface area is 125 Å². The van der Waals surface area contributed by atoms with E-state index in [0.717, 1.165) is 25.7 Å². The van der Waals surface area contributed by atoms with Crippen LogP contribution in [0.25, 0.3) is 0 Å². The number of carbonyl (C=O) groups is 1. The van der Waals surface area contributed by atoms with Gasteiger partial charge in [-0.25, -0.2) is 0 Å². The monoisotopic (exact) mass is 286 g/mol. The van der Waals surface area contributed by atoms with Gasteiger partial charge in [-0.2, -0.15) is 0 Å². The number of ketones is 1. The van der Waals surface area contributed by atoms with Crippen molar-refractivity contribution in [1.82, 2.24) is 0 Å². The number of rotatable bonds is 0. The van der Waals surface area contributed by atoms with E-state index in [2.05, 4.69) is 13.0 Å². The predicted molar refractivity (Wildman–Crippen MR) is 79.1 cm³/mol. The van der Waals surface area contributed by atoms with Crippen LogP contribution in [0, 0.1) is 17.3 Å². The van der Waals surface area contributed by atoms with Crippen molar-refractivity contribution in [1.29, 1.82) is 0 Å². The number of aryl methyl sites for hydroxylation is 1. The van der Waals surface area contributed by atoms with Gasteiger partial charge < -0.3 is 10.2 Å². The van der Waals surface area contributed by atoms with Crippen molar-refractivity contribution < 1.29 is 15.0 Å². The Morgan fingerprint density at radius 1 is 1.29 bits per heavy atom. The zero-order valence-electron chi connectivity index (χ0n) is 12.4. The summed E-state index contributed by atoms with van der Waals surface area (Å²) in [6, 6.07) is 5.75. The largest absolute Gasteiger partial charge is 0.508 e. The number of fused-ring (bicyclic) bond motifs is 5. The van der Waals surface area contributed by atoms with Crippen LogP contribution in [-0.2, 0) is 11.2 Å². The minimum Gasteiger partial charge on any atom is -0.508 e. The third-order valence-corrected chi connectivity index (χ3v) is 6.44. The summed E-state index contributed by atoms with van der Waals surface area (Å²) in [6.45, 7) is 2.07. The van der Waals surface area contributed by atoms with Gasteiger partial charge in [0.25, 0.3) is 0 Å². The fraction of sp³-hybridized carbons (Fsp3) is 0.611. The number of phenolic OH excluding ortho intramolecular Hbond substituents is 1. The van der Waals surface area contributed by atoms with E-state index in [-0.39, 0.29) is 11.2 Å². The highest BCUT2D eigenvalue weighted by molar-refractivity contribution is 5.91. The molecule has 0 unspecified atom stereocenters. The molecule has 3 aliphatic rings. The fourth-order valence-electron chi connectivity index (χ4n) is 5.36. The average Bonchev–Trinajstić information content (AvgIpc) is 2.70. The molecule has 2 fully saturated rings. The molecule has 0 spiro atoms. The van der Waals surface area contributed by atoms with E-state index in [1.807, 2.05) is 6.07 Å². The minimum absolute atomic E-state index is 0.0717. The Bertz CT molecular complexity index is 608. The Kier molecular flexibility index (Phi) is 2.74. The second-order valence-corrected chi connectivity index (χ2v) is 7.37. The van der Waals surface area contributed by atoms with Crippen LogP contribution in [0.5, 0.6) is 5.75 Å². The van der Waals surface area contributed by atoms with Gasteiger partial charge in [0, 0.05) is 5.41 Å². The quantitative estimate of drug-likeness (QED) is 0.771. The van der Waals surface area contributed by atoms with Crippen molar-refractivity contribution in [3.63, 3.8) is 0 Å². The minimum atomic E-state index is -0.750. The zero-order valence-corrected chi connectivity index (χ0v) is 12.4. The Morgan fingerprint density at radius 3 is 2.90 bits per heavy atom. The third kappa shape index (κ3) is 1.73. The molecule has 0 amide bonds. The summed E-state index contributed by atoms with van der Waals surface area (Å²) in [6.07, 6.45) is 3.84. The molecule has 1 aromatic carbocycles. The summed E-state index contributed by atoms with van der Waals surface area (Å²) in [5.41, 5.74) is 2.32. The zero-order chi connectivity index (χ0) is 14.8. The van der Waals surface area contributed by atoms with Crippen molar-refractivity contribution >= 4 is 5.78 Å². The van der Waals surface area contributed by atoms with Gasteiger partial charge in [-0.3, -0.25) is 4.79 Å². The molecule has 0 heterocycles. The third-order valence-electron chi connectivity index (χ3n) is 6.44. The SMILES string of the molecule is C[C@]12CC[C@@H]3c4ccc(O)cc4CC[C@H]3[C@H]1C[C@H](O)C2=O. The van der Waals surface area contributed by atoms with Crippen LogP contribution in [0.2, 0.25) is 0 Å². The highest BCUT2D eigenvalue weighted by Crippen LogP contribution is 2.59. The maximum absolute atomic E-state index is 12.3. The molecular weight excluding hydrogens is 264 g/mol. The summed E-state index contributed by atoms with van der Waals surface area (Å²) in [5, 5.41) is 19.7. The van der Waals surface area contributed by atoms with Gasteiger partial charge in [-0.15, -0.1) is 0 Å². The molecule has 3 nitrogen and oxygen atoms in total. The molecule has 3 heteroatoms. The van der Waals surface area contributed by atoms with Gasteiger partial charge in [0.2, 0.25) is 0 Å². The molecular formula is C18H22O3. The molecule has 0 saturated heterocycles. The van der Waals surface area contributed by atoms with Crippen LogP contribution >= 0.6 is 0 Å². The lowest BCUT2D eigenvalue weighted by Crippen LogP contribution is -2.42. The Balaban J connectivity index is 1.73. The van der Waals surface area contributed by atoms with Crippen molar-refractivity contribution in [3.8, 4) is 5.75 Å². The standard InChI is InChI=1S/C18H22O3/c1-18-7-6-13-12-5-3-11(19)8-10(12)2-4-14(13)15(18)9-16(20)17(18)21/h3,5,8,13-16,19-20H,2,4,6-7,9H2,1H3/t13-,14-,15-,16+,18+/m1/s1. The number of hydrogen-bond acceptors (Lipinski definition) is 3. The number of carbonyl (C=O) groups excluding carboxylic acids is 1. The van der Waals surface area contributed by atoms with E-state index in [9.17, 15) is 15.0 Å². The van der Waals surface area contributed by atoms with Crippen LogP contribution < -0.4 is 0 Å². The Hall–Kier alpha value is -1.35. The average molecular weight is 286 g/mol. The molecule has 21 heavy (non-hydrogen) atoms. The van der Waals surface area contributed by atoms with Crippen molar-refractivity contribution in [2.24, 2.45) is 17.3 Å². The topological polar surface area (TPSA) is 57.5 Å². The number of aliphatic hydroxyl groups excluding tert-OH is 1. The molecule has 3 aliphatic carbocycles. The predicted octanol–water partition coefficient (Wildman–Crippen LogP) is 2.79.